The Bertz CT molecular complexity index is 1110. The molecule has 0 spiro atoms. The molecule has 10 heteroatoms. The fraction of sp³-hybridized carbons (Fsp3) is 0.708. The van der Waals surface area contributed by atoms with Crippen molar-refractivity contribution in [3.8, 4) is 0 Å². The average molecular weight is 515 g/mol. The summed E-state index contributed by atoms with van der Waals surface area (Å²) in [5.41, 5.74) is -2.48. The summed E-state index contributed by atoms with van der Waals surface area (Å²) in [6, 6.07) is 0. The molecule has 8 nitrogen and oxygen atoms in total. The molecular weight excluding hydrogens is 484 g/mol. The predicted octanol–water partition coefficient (Wildman–Crippen LogP) is 2.47. The Morgan fingerprint density at radius 3 is 2.53 bits per heavy atom. The number of hydrogen-bond acceptors (Lipinski definition) is 8. The summed E-state index contributed by atoms with van der Waals surface area (Å²) in [4.78, 5) is 36.5. The van der Waals surface area contributed by atoms with Crippen LogP contribution in [-0.2, 0) is 33.4 Å². The van der Waals surface area contributed by atoms with E-state index in [1.807, 2.05) is 13.8 Å². The first-order chi connectivity index (χ1) is 15.6. The van der Waals surface area contributed by atoms with E-state index < -0.39 is 55.9 Å². The van der Waals surface area contributed by atoms with E-state index in [1.165, 1.54) is 13.0 Å². The number of esters is 1. The van der Waals surface area contributed by atoms with E-state index in [2.05, 4.69) is 0 Å². The number of ether oxygens (including phenoxy) is 1. The summed E-state index contributed by atoms with van der Waals surface area (Å²) >= 11 is 7.37. The monoisotopic (exact) mass is 514 g/mol. The topological polar surface area (TPSA) is 124 Å². The normalized spacial score (nSPS) is 43.4. The zero-order valence-corrected chi connectivity index (χ0v) is 21.4. The van der Waals surface area contributed by atoms with Crippen molar-refractivity contribution < 1.29 is 36.8 Å². The average Bonchev–Trinajstić information content (AvgIpc) is 2.99. The number of allylic oxidation sites excluding steroid dienone is 4. The van der Waals surface area contributed by atoms with Crippen molar-refractivity contribution in [2.75, 3.05) is 12.9 Å². The minimum Gasteiger partial charge on any atom is -0.451 e. The van der Waals surface area contributed by atoms with Gasteiger partial charge < -0.3 is 9.84 Å². The van der Waals surface area contributed by atoms with E-state index in [9.17, 15) is 27.9 Å². The Labute approximate surface area is 204 Å². The van der Waals surface area contributed by atoms with Gasteiger partial charge in [-0.1, -0.05) is 25.5 Å². The van der Waals surface area contributed by atoms with Gasteiger partial charge in [0.05, 0.1) is 17.2 Å². The first kappa shape index (κ1) is 25.5. The number of aliphatic hydroxyl groups excluding tert-OH is 1. The van der Waals surface area contributed by atoms with Crippen molar-refractivity contribution in [1.29, 1.82) is 0 Å². The van der Waals surface area contributed by atoms with Crippen molar-refractivity contribution >= 4 is 39.3 Å². The molecule has 4 aliphatic rings. The van der Waals surface area contributed by atoms with E-state index in [0.717, 1.165) is 11.8 Å². The lowest BCUT2D eigenvalue weighted by Crippen LogP contribution is -2.69. The fourth-order valence-corrected chi connectivity index (χ4v) is 8.25. The maximum Gasteiger partial charge on any atom is 0.303 e. The van der Waals surface area contributed by atoms with Crippen molar-refractivity contribution in [3.05, 3.63) is 23.8 Å². The van der Waals surface area contributed by atoms with Gasteiger partial charge in [-0.05, 0) is 56.1 Å². The van der Waals surface area contributed by atoms with Crippen LogP contribution >= 0.6 is 11.6 Å². The van der Waals surface area contributed by atoms with Crippen molar-refractivity contribution in [2.45, 2.75) is 69.5 Å². The van der Waals surface area contributed by atoms with Crippen LogP contribution in [0.1, 0.15) is 52.9 Å². The Morgan fingerprint density at radius 1 is 1.24 bits per heavy atom. The van der Waals surface area contributed by atoms with Crippen LogP contribution < -0.4 is 0 Å². The second-order valence-electron chi connectivity index (χ2n) is 10.6. The van der Waals surface area contributed by atoms with E-state index in [4.69, 9.17) is 20.5 Å². The highest BCUT2D eigenvalue weighted by Gasteiger charge is 2.74. The van der Waals surface area contributed by atoms with Gasteiger partial charge >= 0.3 is 5.97 Å². The third-order valence-electron chi connectivity index (χ3n) is 8.93. The molecule has 188 valence electrons. The van der Waals surface area contributed by atoms with Gasteiger partial charge in [-0.25, -0.2) is 0 Å². The molecule has 1 unspecified atom stereocenters. The largest absolute Gasteiger partial charge is 0.451 e. The van der Waals surface area contributed by atoms with Gasteiger partial charge in [0.1, 0.15) is 6.61 Å². The lowest BCUT2D eigenvalue weighted by Gasteiger charge is -2.64. The summed E-state index contributed by atoms with van der Waals surface area (Å²) in [6.07, 6.45) is 6.64. The Hall–Kier alpha value is -1.55. The van der Waals surface area contributed by atoms with Crippen LogP contribution in [0.3, 0.4) is 0 Å². The van der Waals surface area contributed by atoms with E-state index in [0.29, 0.717) is 19.3 Å². The summed E-state index contributed by atoms with van der Waals surface area (Å²) in [5.74, 6) is -1.82. The smallest absolute Gasteiger partial charge is 0.303 e. The Morgan fingerprint density at radius 2 is 1.91 bits per heavy atom. The van der Waals surface area contributed by atoms with Gasteiger partial charge in [0.15, 0.2) is 11.4 Å². The minimum absolute atomic E-state index is 0.0697. The molecule has 3 fully saturated rings. The summed E-state index contributed by atoms with van der Waals surface area (Å²) in [6.45, 7) is 4.21. The second kappa shape index (κ2) is 7.98. The van der Waals surface area contributed by atoms with Crippen molar-refractivity contribution in [3.63, 3.8) is 0 Å². The molecule has 3 saturated carbocycles. The Kier molecular flexibility index (Phi) is 5.99. The van der Waals surface area contributed by atoms with Crippen molar-refractivity contribution in [2.24, 2.45) is 22.7 Å². The lowest BCUT2D eigenvalue weighted by atomic mass is 9.45. The molecule has 0 amide bonds. The number of carbonyl (C=O) groups is 3. The quantitative estimate of drug-likeness (QED) is 0.337. The number of fused-ring (bicyclic) bond motifs is 5. The van der Waals surface area contributed by atoms with E-state index in [-0.39, 0.29) is 30.5 Å². The van der Waals surface area contributed by atoms with Crippen LogP contribution in [0.5, 0.6) is 0 Å². The highest BCUT2D eigenvalue weighted by molar-refractivity contribution is 7.86. The highest BCUT2D eigenvalue weighted by Crippen LogP contribution is 2.71. The molecular formula is C24H31ClO8S. The number of Topliss-reactive ketones (excluding diaryl/α,β-unsaturated/α-hetero) is 1. The number of halogens is 1. The molecule has 7 atom stereocenters. The number of rotatable bonds is 5. The van der Waals surface area contributed by atoms with Crippen LogP contribution in [0.2, 0.25) is 0 Å². The zero-order valence-electron chi connectivity index (χ0n) is 19.8. The van der Waals surface area contributed by atoms with Gasteiger partial charge in [0.25, 0.3) is 10.1 Å². The van der Waals surface area contributed by atoms with Crippen LogP contribution in [0, 0.1) is 22.7 Å². The molecule has 0 aromatic rings. The maximum absolute atomic E-state index is 13.4. The number of aliphatic hydroxyl groups is 1. The third-order valence-corrected chi connectivity index (χ3v) is 10.4. The predicted molar refractivity (Wildman–Crippen MR) is 123 cm³/mol. The molecule has 34 heavy (non-hydrogen) atoms. The van der Waals surface area contributed by atoms with Gasteiger partial charge in [-0.15, -0.1) is 11.6 Å². The van der Waals surface area contributed by atoms with Gasteiger partial charge in [0.2, 0.25) is 5.78 Å². The lowest BCUT2D eigenvalue weighted by molar-refractivity contribution is -0.195. The third kappa shape index (κ3) is 3.45. The van der Waals surface area contributed by atoms with Gasteiger partial charge in [-0.2, -0.15) is 8.42 Å². The van der Waals surface area contributed by atoms with E-state index in [1.54, 1.807) is 12.2 Å². The molecule has 0 aromatic carbocycles. The number of alkyl halides is 1. The van der Waals surface area contributed by atoms with Crippen molar-refractivity contribution in [1.82, 2.24) is 0 Å². The standard InChI is InChI=1S/C24H31ClO8S/c1-14(26)33-23(20(29)13-32-34(4,30)31)10-8-17-18-6-5-15-11-16(27)7-9-21(15,2)24(18,25)19(28)12-22(17,23)3/h7,9,11,17-19,28H,5-6,8,10,12-13H2,1-4H3/t17-,18-,19?,21-,22-,23-,24-/m0/s1. The fourth-order valence-electron chi connectivity index (χ4n) is 7.40. The zero-order chi connectivity index (χ0) is 25.3. The number of hydrogen-bond donors (Lipinski definition) is 1. The molecule has 4 rings (SSSR count). The number of ketones is 2. The molecule has 1 N–H and O–H groups in total. The van der Waals surface area contributed by atoms with Crippen LogP contribution in [-0.4, -0.2) is 60.5 Å². The molecule has 0 aromatic heterocycles. The highest BCUT2D eigenvalue weighted by atomic mass is 35.5. The molecule has 0 radical (unpaired) electrons. The first-order valence-electron chi connectivity index (χ1n) is 11.5. The first-order valence-corrected chi connectivity index (χ1v) is 13.7. The number of carbonyl (C=O) groups excluding carboxylic acids is 3. The van der Waals surface area contributed by atoms with E-state index >= 15 is 0 Å². The second-order valence-corrected chi connectivity index (χ2v) is 12.9. The molecule has 0 heterocycles. The van der Waals surface area contributed by atoms with Crippen LogP contribution in [0.15, 0.2) is 23.8 Å². The van der Waals surface area contributed by atoms with Crippen LogP contribution in [0.4, 0.5) is 0 Å². The van der Waals surface area contributed by atoms with Gasteiger partial charge in [-0.3, -0.25) is 18.6 Å². The summed E-state index contributed by atoms with van der Waals surface area (Å²) in [7, 11) is -3.89. The van der Waals surface area contributed by atoms with Crippen LogP contribution in [0.25, 0.3) is 0 Å². The maximum atomic E-state index is 13.4. The SMILES string of the molecule is CC(=O)O[C@]1(C(=O)COS(C)(=O)=O)CC[C@H]2[C@@H]3CCC4=CC(=O)C=C[C@]4(C)[C@@]3(Cl)C(O)C[C@@]21C. The molecule has 0 bridgehead atoms. The summed E-state index contributed by atoms with van der Waals surface area (Å²) in [5, 5.41) is 11.6. The van der Waals surface area contributed by atoms with Gasteiger partial charge in [0, 0.05) is 17.8 Å². The minimum atomic E-state index is -3.89. The summed E-state index contributed by atoms with van der Waals surface area (Å²) < 4.78 is 33.6. The molecule has 4 aliphatic carbocycles. The molecule has 0 saturated heterocycles. The molecule has 0 aliphatic heterocycles. The Balaban J connectivity index is 1.77.